The molecular weight excluding hydrogens is 512 g/mol. The molecule has 0 aliphatic rings. The Labute approximate surface area is 221 Å². The van der Waals surface area contributed by atoms with Crippen molar-refractivity contribution in [3.8, 4) is 0 Å². The van der Waals surface area contributed by atoms with Crippen LogP contribution in [-0.2, 0) is 14.8 Å². The van der Waals surface area contributed by atoms with Crippen LogP contribution in [0.25, 0.3) is 0 Å². The van der Waals surface area contributed by atoms with Gasteiger partial charge in [-0.3, -0.25) is 9.10 Å². The van der Waals surface area contributed by atoms with Gasteiger partial charge in [0.1, 0.15) is 6.54 Å². The molecule has 0 aromatic heterocycles. The number of halogens is 1. The monoisotopic (exact) mass is 536 g/mol. The second kappa shape index (κ2) is 11.2. The first kappa shape index (κ1) is 25.8. The quantitative estimate of drug-likeness (QED) is 0.265. The number of hydrogen-bond acceptors (Lipinski definition) is 4. The zero-order valence-electron chi connectivity index (χ0n) is 19.8. The number of hydrogen-bond donors (Lipinski definition) is 1. The molecule has 0 saturated heterocycles. The number of rotatable bonds is 8. The van der Waals surface area contributed by atoms with Crippen molar-refractivity contribution < 1.29 is 13.2 Å². The molecule has 0 aliphatic carbocycles. The lowest BCUT2D eigenvalue weighted by atomic mass is 10.2. The molecule has 0 aliphatic heterocycles. The first-order chi connectivity index (χ1) is 17.3. The maximum Gasteiger partial charge on any atom is 0.264 e. The zero-order valence-corrected chi connectivity index (χ0v) is 22.2. The lowest BCUT2D eigenvalue weighted by Gasteiger charge is -2.26. The van der Waals surface area contributed by atoms with Crippen LogP contribution in [0.4, 0.5) is 11.4 Å². The van der Waals surface area contributed by atoms with Gasteiger partial charge in [-0.15, -0.1) is 0 Å². The van der Waals surface area contributed by atoms with E-state index in [2.05, 4.69) is 5.32 Å². The van der Waals surface area contributed by atoms with Crippen molar-refractivity contribution >= 4 is 50.7 Å². The van der Waals surface area contributed by atoms with Gasteiger partial charge in [-0.2, -0.15) is 0 Å². The standard InChI is InChI=1S/C28H25ClN2O3S2/c1-20-15-17-23(18-16-20)36(33,34)31(26-13-8-11-24(29)21(26)2)19-28(32)30-25-12-6-7-14-27(25)35-22-9-4-3-5-10-22/h3-18H,19H2,1-2H3,(H,30,32). The second-order valence-electron chi connectivity index (χ2n) is 8.17. The van der Waals surface area contributed by atoms with E-state index in [1.54, 1.807) is 55.5 Å². The molecule has 0 unspecified atom stereocenters. The van der Waals surface area contributed by atoms with E-state index in [0.717, 1.165) is 19.7 Å². The summed E-state index contributed by atoms with van der Waals surface area (Å²) in [5, 5.41) is 3.32. The normalized spacial score (nSPS) is 11.2. The molecule has 184 valence electrons. The summed E-state index contributed by atoms with van der Waals surface area (Å²) in [4.78, 5) is 15.2. The van der Waals surface area contributed by atoms with Gasteiger partial charge in [0.05, 0.1) is 16.3 Å². The van der Waals surface area contributed by atoms with Gasteiger partial charge >= 0.3 is 0 Å². The minimum Gasteiger partial charge on any atom is -0.323 e. The number of nitrogens with one attached hydrogen (secondary N) is 1. The van der Waals surface area contributed by atoms with Gasteiger partial charge in [0.2, 0.25) is 5.91 Å². The molecule has 0 saturated carbocycles. The SMILES string of the molecule is Cc1ccc(S(=O)(=O)N(CC(=O)Nc2ccccc2Sc2ccccc2)c2cccc(Cl)c2C)cc1. The molecule has 0 fully saturated rings. The van der Waals surface area contributed by atoms with Crippen LogP contribution in [0.2, 0.25) is 5.02 Å². The van der Waals surface area contributed by atoms with Gasteiger partial charge in [-0.1, -0.05) is 77.5 Å². The Balaban J connectivity index is 1.66. The lowest BCUT2D eigenvalue weighted by molar-refractivity contribution is -0.114. The topological polar surface area (TPSA) is 66.5 Å². The van der Waals surface area contributed by atoms with Crippen molar-refractivity contribution in [3.63, 3.8) is 0 Å². The first-order valence-electron chi connectivity index (χ1n) is 11.2. The van der Waals surface area contributed by atoms with E-state index >= 15 is 0 Å². The second-order valence-corrected chi connectivity index (χ2v) is 11.6. The molecule has 4 aromatic carbocycles. The van der Waals surface area contributed by atoms with Crippen LogP contribution in [0.1, 0.15) is 11.1 Å². The summed E-state index contributed by atoms with van der Waals surface area (Å²) >= 11 is 7.83. The molecule has 0 heterocycles. The zero-order chi connectivity index (χ0) is 25.7. The Hall–Kier alpha value is -3.26. The van der Waals surface area contributed by atoms with Crippen LogP contribution in [0, 0.1) is 13.8 Å². The van der Waals surface area contributed by atoms with Crippen LogP contribution in [-0.4, -0.2) is 20.9 Å². The Morgan fingerprint density at radius 2 is 1.53 bits per heavy atom. The smallest absolute Gasteiger partial charge is 0.264 e. The predicted octanol–water partition coefficient (Wildman–Crippen LogP) is 6.94. The van der Waals surface area contributed by atoms with Crippen molar-refractivity contribution in [2.24, 2.45) is 0 Å². The molecule has 4 aromatic rings. The van der Waals surface area contributed by atoms with Crippen LogP contribution < -0.4 is 9.62 Å². The van der Waals surface area contributed by atoms with Crippen molar-refractivity contribution in [2.75, 3.05) is 16.2 Å². The Morgan fingerprint density at radius 3 is 2.25 bits per heavy atom. The van der Waals surface area contributed by atoms with E-state index in [1.807, 2.05) is 55.5 Å². The molecule has 1 amide bonds. The summed E-state index contributed by atoms with van der Waals surface area (Å²) in [6.45, 7) is 3.20. The van der Waals surface area contributed by atoms with E-state index in [-0.39, 0.29) is 4.90 Å². The van der Waals surface area contributed by atoms with Crippen LogP contribution in [0.3, 0.4) is 0 Å². The summed E-state index contributed by atoms with van der Waals surface area (Å²) in [6.07, 6.45) is 0. The van der Waals surface area contributed by atoms with Crippen LogP contribution in [0.5, 0.6) is 0 Å². The minimum atomic E-state index is -4.05. The number of anilines is 2. The molecule has 8 heteroatoms. The summed E-state index contributed by atoms with van der Waals surface area (Å²) in [7, 11) is -4.05. The third kappa shape index (κ3) is 5.93. The Bertz CT molecular complexity index is 1470. The van der Waals surface area contributed by atoms with E-state index in [1.165, 1.54) is 11.8 Å². The molecule has 36 heavy (non-hydrogen) atoms. The van der Waals surface area contributed by atoms with Gasteiger partial charge in [0, 0.05) is 14.8 Å². The van der Waals surface area contributed by atoms with Crippen molar-refractivity contribution in [2.45, 2.75) is 28.5 Å². The fourth-order valence-corrected chi connectivity index (χ4v) is 6.17. The number of aryl methyl sites for hydroxylation is 1. The highest BCUT2D eigenvalue weighted by atomic mass is 35.5. The highest BCUT2D eigenvalue weighted by Crippen LogP contribution is 2.34. The van der Waals surface area contributed by atoms with E-state index in [9.17, 15) is 13.2 Å². The Kier molecular flexibility index (Phi) is 8.04. The summed E-state index contributed by atoms with van der Waals surface area (Å²) in [6, 6.07) is 28.8. The average Bonchev–Trinajstić information content (AvgIpc) is 2.86. The molecule has 1 N–H and O–H groups in total. The molecule has 5 nitrogen and oxygen atoms in total. The maximum absolute atomic E-state index is 13.7. The molecule has 0 spiro atoms. The van der Waals surface area contributed by atoms with E-state index < -0.39 is 22.5 Å². The van der Waals surface area contributed by atoms with Crippen molar-refractivity contribution in [3.05, 3.63) is 113 Å². The summed E-state index contributed by atoms with van der Waals surface area (Å²) in [5.74, 6) is -0.467. The number of nitrogens with zero attached hydrogens (tertiary/aromatic N) is 1. The molecular formula is C28H25ClN2O3S2. The third-order valence-electron chi connectivity index (χ3n) is 5.54. The maximum atomic E-state index is 13.7. The summed E-state index contributed by atoms with van der Waals surface area (Å²) in [5.41, 5.74) is 2.46. The molecule has 0 bridgehead atoms. The fraction of sp³-hybridized carbons (Fsp3) is 0.107. The first-order valence-corrected chi connectivity index (χ1v) is 13.9. The van der Waals surface area contributed by atoms with Crippen molar-refractivity contribution in [1.29, 1.82) is 0 Å². The van der Waals surface area contributed by atoms with Gasteiger partial charge < -0.3 is 5.32 Å². The van der Waals surface area contributed by atoms with E-state index in [4.69, 9.17) is 11.6 Å². The molecule has 0 radical (unpaired) electrons. The highest BCUT2D eigenvalue weighted by molar-refractivity contribution is 7.99. The van der Waals surface area contributed by atoms with E-state index in [0.29, 0.717) is 22.0 Å². The average molecular weight is 537 g/mol. The largest absolute Gasteiger partial charge is 0.323 e. The number of benzene rings is 4. The minimum absolute atomic E-state index is 0.0975. The number of para-hydroxylation sites is 1. The van der Waals surface area contributed by atoms with Gasteiger partial charge in [0.15, 0.2) is 0 Å². The number of carbonyl (C=O) groups is 1. The number of carbonyl (C=O) groups excluding carboxylic acids is 1. The van der Waals surface area contributed by atoms with Gasteiger partial charge in [-0.05, 0) is 67.9 Å². The van der Waals surface area contributed by atoms with Gasteiger partial charge in [0.25, 0.3) is 10.0 Å². The summed E-state index contributed by atoms with van der Waals surface area (Å²) < 4.78 is 28.5. The highest BCUT2D eigenvalue weighted by Gasteiger charge is 2.29. The third-order valence-corrected chi connectivity index (χ3v) is 8.80. The van der Waals surface area contributed by atoms with Crippen LogP contribution >= 0.6 is 23.4 Å². The van der Waals surface area contributed by atoms with Gasteiger partial charge in [-0.25, -0.2) is 8.42 Å². The molecule has 0 atom stereocenters. The number of amides is 1. The predicted molar refractivity (Wildman–Crippen MR) is 148 cm³/mol. The van der Waals surface area contributed by atoms with Crippen molar-refractivity contribution in [1.82, 2.24) is 0 Å². The molecule has 4 rings (SSSR count). The fourth-order valence-electron chi connectivity index (χ4n) is 3.60. The number of sulfonamides is 1. The van der Waals surface area contributed by atoms with Crippen LogP contribution in [0.15, 0.2) is 112 Å². The lowest BCUT2D eigenvalue weighted by Crippen LogP contribution is -2.38. The Morgan fingerprint density at radius 1 is 0.861 bits per heavy atom.